The molecule has 0 radical (unpaired) electrons. The number of nitrogens with two attached hydrogens (primary N) is 1. The molecule has 0 aliphatic carbocycles. The number of primary amides is 1. The summed E-state index contributed by atoms with van der Waals surface area (Å²) in [5, 5.41) is 0. The molecule has 2 aromatic heterocycles. The van der Waals surface area contributed by atoms with Gasteiger partial charge in [0.2, 0.25) is 0 Å². The van der Waals surface area contributed by atoms with Crippen LogP contribution in [-0.4, -0.2) is 20.4 Å². The van der Waals surface area contributed by atoms with Gasteiger partial charge in [-0.3, -0.25) is 9.36 Å². The van der Waals surface area contributed by atoms with E-state index in [1.54, 1.807) is 6.92 Å². The summed E-state index contributed by atoms with van der Waals surface area (Å²) in [5.74, 6) is -3.05. The van der Waals surface area contributed by atoms with Crippen molar-refractivity contribution in [2.75, 3.05) is 0 Å². The number of carbonyl (C=O) groups excluding carboxylic acids is 1. The van der Waals surface area contributed by atoms with Gasteiger partial charge in [0.15, 0.2) is 5.69 Å². The van der Waals surface area contributed by atoms with Gasteiger partial charge >= 0.3 is 0 Å². The average molecular weight is 252 g/mol. The summed E-state index contributed by atoms with van der Waals surface area (Å²) >= 11 is 0. The van der Waals surface area contributed by atoms with Crippen LogP contribution in [0.2, 0.25) is 0 Å². The summed E-state index contributed by atoms with van der Waals surface area (Å²) < 4.78 is 27.8. The highest BCUT2D eigenvalue weighted by atomic mass is 19.2. The van der Waals surface area contributed by atoms with Crippen LogP contribution in [0.15, 0.2) is 18.3 Å². The molecule has 2 N–H and O–H groups in total. The molecule has 5 nitrogen and oxygen atoms in total. The predicted molar refractivity (Wildman–Crippen MR) is 59.2 cm³/mol. The number of carbonyl (C=O) groups is 1. The molecule has 0 aliphatic rings. The van der Waals surface area contributed by atoms with Crippen LogP contribution in [-0.2, 0) is 6.42 Å². The maximum absolute atomic E-state index is 13.7. The highest BCUT2D eigenvalue weighted by molar-refractivity contribution is 5.94. The number of aryl methyl sites for hydroxylation is 1. The standard InChI is InChI=1S/C11H10F2N4O/c1-2-7-16-9(12)10(13)17(7)6-4-3-5-15-8(6)11(14)18/h3-5H,2H2,1H3,(H2,14,18). The number of rotatable bonds is 3. The van der Waals surface area contributed by atoms with E-state index in [-0.39, 0.29) is 17.2 Å². The molecule has 0 bridgehead atoms. The first-order valence-electron chi connectivity index (χ1n) is 5.24. The van der Waals surface area contributed by atoms with E-state index in [9.17, 15) is 13.6 Å². The van der Waals surface area contributed by atoms with Crippen molar-refractivity contribution in [3.8, 4) is 5.69 Å². The molecule has 0 unspecified atom stereocenters. The zero-order chi connectivity index (χ0) is 13.3. The molecule has 7 heteroatoms. The summed E-state index contributed by atoms with van der Waals surface area (Å²) in [7, 11) is 0. The van der Waals surface area contributed by atoms with Crippen LogP contribution in [0.3, 0.4) is 0 Å². The Hall–Kier alpha value is -2.31. The monoisotopic (exact) mass is 252 g/mol. The molecule has 2 aromatic rings. The number of aromatic nitrogens is 3. The Morgan fingerprint density at radius 1 is 1.50 bits per heavy atom. The van der Waals surface area contributed by atoms with Crippen molar-refractivity contribution in [1.29, 1.82) is 0 Å². The highest BCUT2D eigenvalue weighted by Crippen LogP contribution is 2.19. The molecule has 2 heterocycles. The van der Waals surface area contributed by atoms with Crippen LogP contribution < -0.4 is 5.73 Å². The van der Waals surface area contributed by atoms with Gasteiger partial charge in [-0.25, -0.2) is 9.97 Å². The molecule has 0 spiro atoms. The molecule has 2 rings (SSSR count). The van der Waals surface area contributed by atoms with E-state index in [4.69, 9.17) is 5.73 Å². The van der Waals surface area contributed by atoms with Crippen LogP contribution in [0.5, 0.6) is 0 Å². The van der Waals surface area contributed by atoms with E-state index in [2.05, 4.69) is 9.97 Å². The topological polar surface area (TPSA) is 73.8 Å². The molecule has 94 valence electrons. The number of nitrogens with zero attached hydrogens (tertiary/aromatic N) is 3. The molecule has 0 aromatic carbocycles. The molecule has 1 amide bonds. The number of amides is 1. The van der Waals surface area contributed by atoms with Crippen molar-refractivity contribution >= 4 is 5.91 Å². The first-order valence-corrected chi connectivity index (χ1v) is 5.24. The van der Waals surface area contributed by atoms with Crippen LogP contribution >= 0.6 is 0 Å². The summed E-state index contributed by atoms with van der Waals surface area (Å²) in [6.07, 6.45) is 1.65. The van der Waals surface area contributed by atoms with E-state index < -0.39 is 17.8 Å². The minimum absolute atomic E-state index is 0.0794. The van der Waals surface area contributed by atoms with Gasteiger partial charge in [0, 0.05) is 12.6 Å². The van der Waals surface area contributed by atoms with Crippen molar-refractivity contribution < 1.29 is 13.6 Å². The number of hydrogen-bond donors (Lipinski definition) is 1. The van der Waals surface area contributed by atoms with E-state index in [1.165, 1.54) is 18.3 Å². The third kappa shape index (κ3) is 1.83. The van der Waals surface area contributed by atoms with Gasteiger partial charge in [0.1, 0.15) is 5.82 Å². The lowest BCUT2D eigenvalue weighted by Gasteiger charge is -2.09. The summed E-state index contributed by atoms with van der Waals surface area (Å²) in [6.45, 7) is 1.69. The van der Waals surface area contributed by atoms with Crippen LogP contribution in [0.4, 0.5) is 8.78 Å². The Morgan fingerprint density at radius 3 is 2.83 bits per heavy atom. The van der Waals surface area contributed by atoms with Gasteiger partial charge < -0.3 is 5.73 Å². The second kappa shape index (κ2) is 4.52. The molecule has 0 fully saturated rings. The van der Waals surface area contributed by atoms with E-state index >= 15 is 0 Å². The van der Waals surface area contributed by atoms with Crippen LogP contribution in [0, 0.1) is 11.9 Å². The minimum Gasteiger partial charge on any atom is -0.364 e. The van der Waals surface area contributed by atoms with Gasteiger partial charge in [0.05, 0.1) is 5.69 Å². The van der Waals surface area contributed by atoms with Gasteiger partial charge in [0.25, 0.3) is 17.8 Å². The SMILES string of the molecule is CCc1nc(F)c(F)n1-c1cccnc1C(N)=O. The fourth-order valence-corrected chi connectivity index (χ4v) is 1.66. The van der Waals surface area contributed by atoms with Gasteiger partial charge in [-0.15, -0.1) is 0 Å². The minimum atomic E-state index is -1.22. The lowest BCUT2D eigenvalue weighted by atomic mass is 10.2. The van der Waals surface area contributed by atoms with Gasteiger partial charge in [-0.2, -0.15) is 8.78 Å². The summed E-state index contributed by atoms with van der Waals surface area (Å²) in [5.41, 5.74) is 5.09. The molecule has 0 aliphatic heterocycles. The van der Waals surface area contributed by atoms with Crippen molar-refractivity contribution in [2.24, 2.45) is 5.73 Å². The van der Waals surface area contributed by atoms with E-state index in [0.717, 1.165) is 4.57 Å². The molecule has 18 heavy (non-hydrogen) atoms. The Labute approximate surface area is 101 Å². The molecule has 0 saturated heterocycles. The Balaban J connectivity index is 2.73. The van der Waals surface area contributed by atoms with Gasteiger partial charge in [-0.05, 0) is 12.1 Å². The lowest BCUT2D eigenvalue weighted by Crippen LogP contribution is -2.18. The van der Waals surface area contributed by atoms with Crippen molar-refractivity contribution in [1.82, 2.24) is 14.5 Å². The van der Waals surface area contributed by atoms with E-state index in [1.807, 2.05) is 0 Å². The summed E-state index contributed by atoms with van der Waals surface area (Å²) in [6, 6.07) is 2.93. The second-order valence-electron chi connectivity index (χ2n) is 3.53. The zero-order valence-electron chi connectivity index (χ0n) is 9.52. The van der Waals surface area contributed by atoms with E-state index in [0.29, 0.717) is 6.42 Å². The largest absolute Gasteiger partial charge is 0.364 e. The molecule has 0 saturated carbocycles. The Morgan fingerprint density at radius 2 is 2.22 bits per heavy atom. The quantitative estimate of drug-likeness (QED) is 0.892. The maximum Gasteiger partial charge on any atom is 0.269 e. The van der Waals surface area contributed by atoms with Crippen LogP contribution in [0.25, 0.3) is 5.69 Å². The summed E-state index contributed by atoms with van der Waals surface area (Å²) in [4.78, 5) is 18.4. The number of pyridine rings is 1. The first kappa shape index (κ1) is 12.2. The zero-order valence-corrected chi connectivity index (χ0v) is 9.52. The van der Waals surface area contributed by atoms with Gasteiger partial charge in [-0.1, -0.05) is 6.92 Å². The number of hydrogen-bond acceptors (Lipinski definition) is 3. The van der Waals surface area contributed by atoms with Crippen molar-refractivity contribution in [3.05, 3.63) is 41.7 Å². The predicted octanol–water partition coefficient (Wildman–Crippen LogP) is 1.21. The lowest BCUT2D eigenvalue weighted by molar-refractivity contribution is 0.0995. The third-order valence-electron chi connectivity index (χ3n) is 2.43. The fraction of sp³-hybridized carbons (Fsp3) is 0.182. The average Bonchev–Trinajstić information content (AvgIpc) is 2.65. The smallest absolute Gasteiger partial charge is 0.269 e. The Kier molecular flexibility index (Phi) is 3.05. The first-order chi connectivity index (χ1) is 8.56. The normalized spacial score (nSPS) is 10.6. The molecular weight excluding hydrogens is 242 g/mol. The fourth-order valence-electron chi connectivity index (χ4n) is 1.66. The van der Waals surface area contributed by atoms with Crippen LogP contribution in [0.1, 0.15) is 23.2 Å². The van der Waals surface area contributed by atoms with Crippen molar-refractivity contribution in [2.45, 2.75) is 13.3 Å². The highest BCUT2D eigenvalue weighted by Gasteiger charge is 2.21. The maximum atomic E-state index is 13.7. The molecular formula is C11H10F2N4O. The second-order valence-corrected chi connectivity index (χ2v) is 3.53. The number of halogens is 2. The van der Waals surface area contributed by atoms with Crippen molar-refractivity contribution in [3.63, 3.8) is 0 Å². The number of imidazole rings is 1. The third-order valence-corrected chi connectivity index (χ3v) is 2.43. The molecule has 0 atom stereocenters. The Bertz CT molecular complexity index is 609.